The number of aromatic carboxylic acids is 1. The molecule has 0 spiro atoms. The fourth-order valence-corrected chi connectivity index (χ4v) is 6.14. The summed E-state index contributed by atoms with van der Waals surface area (Å²) < 4.78 is 1.89. The summed E-state index contributed by atoms with van der Waals surface area (Å²) in [5.74, 6) is 0.179. The van der Waals surface area contributed by atoms with E-state index in [2.05, 4.69) is 31.2 Å². The molecule has 184 valence electrons. The number of carboxylic acids is 1. The van der Waals surface area contributed by atoms with Crippen LogP contribution in [-0.4, -0.2) is 67.7 Å². The summed E-state index contributed by atoms with van der Waals surface area (Å²) in [4.78, 5) is 30.7. The van der Waals surface area contributed by atoms with Gasteiger partial charge < -0.3 is 19.9 Å². The van der Waals surface area contributed by atoms with E-state index in [1.165, 1.54) is 25.7 Å². The van der Waals surface area contributed by atoms with Gasteiger partial charge in [0.2, 0.25) is 5.95 Å². The minimum Gasteiger partial charge on any atom is -0.477 e. The van der Waals surface area contributed by atoms with E-state index >= 15 is 0 Å². The van der Waals surface area contributed by atoms with Crippen LogP contribution in [0.4, 0.5) is 17.5 Å². The molecule has 35 heavy (non-hydrogen) atoms. The number of fused-ring (bicyclic) bond motifs is 1. The summed E-state index contributed by atoms with van der Waals surface area (Å²) in [5, 5.41) is 13.7. The zero-order chi connectivity index (χ0) is 23.8. The minimum atomic E-state index is -0.925. The molecule has 2 saturated carbocycles. The summed E-state index contributed by atoms with van der Waals surface area (Å²) in [6.07, 6.45) is 13.3. The number of carbonyl (C=O) groups is 1. The van der Waals surface area contributed by atoms with Crippen LogP contribution < -0.4 is 10.2 Å². The van der Waals surface area contributed by atoms with Gasteiger partial charge in [0.05, 0.1) is 11.9 Å². The summed E-state index contributed by atoms with van der Waals surface area (Å²) in [6.45, 7) is 4.32. The van der Waals surface area contributed by atoms with Crippen molar-refractivity contribution < 1.29 is 9.90 Å². The van der Waals surface area contributed by atoms with E-state index in [9.17, 15) is 9.90 Å². The summed E-state index contributed by atoms with van der Waals surface area (Å²) in [5.41, 5.74) is 2.09. The van der Waals surface area contributed by atoms with Crippen molar-refractivity contribution in [2.75, 3.05) is 36.4 Å². The number of nitrogens with zero attached hydrogens (tertiary/aromatic N) is 6. The second-order valence-electron chi connectivity index (χ2n) is 10.1. The Labute approximate surface area is 205 Å². The topological polar surface area (TPSA) is 99.4 Å². The molecule has 3 aromatic heterocycles. The second-order valence-corrected chi connectivity index (χ2v) is 10.1. The largest absolute Gasteiger partial charge is 0.477 e. The fourth-order valence-electron chi connectivity index (χ4n) is 6.14. The molecule has 1 aliphatic heterocycles. The molecule has 6 rings (SSSR count). The summed E-state index contributed by atoms with van der Waals surface area (Å²) in [7, 11) is 0. The Bertz CT molecular complexity index is 1190. The number of rotatable bonds is 6. The van der Waals surface area contributed by atoms with E-state index < -0.39 is 5.97 Å². The molecule has 2 N–H and O–H groups in total. The number of hydrogen-bond donors (Lipinski definition) is 2. The molecular weight excluding hydrogens is 442 g/mol. The van der Waals surface area contributed by atoms with Gasteiger partial charge in [0, 0.05) is 49.8 Å². The number of pyridine rings is 1. The molecule has 0 radical (unpaired) electrons. The van der Waals surface area contributed by atoms with Crippen molar-refractivity contribution in [2.45, 2.75) is 63.5 Å². The van der Waals surface area contributed by atoms with E-state index in [0.717, 1.165) is 69.0 Å². The Morgan fingerprint density at radius 1 is 0.914 bits per heavy atom. The highest BCUT2D eigenvalue weighted by Crippen LogP contribution is 2.34. The lowest BCUT2D eigenvalue weighted by Crippen LogP contribution is -2.49. The first-order valence-electron chi connectivity index (χ1n) is 13.0. The average molecular weight is 476 g/mol. The number of anilines is 3. The van der Waals surface area contributed by atoms with Crippen LogP contribution in [0.1, 0.15) is 67.9 Å². The van der Waals surface area contributed by atoms with Gasteiger partial charge in [0.15, 0.2) is 0 Å². The Morgan fingerprint density at radius 2 is 1.63 bits per heavy atom. The van der Waals surface area contributed by atoms with Crippen molar-refractivity contribution >= 4 is 34.5 Å². The van der Waals surface area contributed by atoms with Gasteiger partial charge in [-0.25, -0.2) is 14.8 Å². The number of carboxylic acid groups (broad SMARTS) is 1. The first-order chi connectivity index (χ1) is 17.2. The first kappa shape index (κ1) is 22.3. The lowest BCUT2D eigenvalue weighted by molar-refractivity contribution is 0.0683. The first-order valence-corrected chi connectivity index (χ1v) is 13.0. The molecule has 3 aromatic rings. The highest BCUT2D eigenvalue weighted by molar-refractivity contribution is 5.93. The number of piperazine rings is 1. The fraction of sp³-hybridized carbons (Fsp3) is 0.538. The van der Waals surface area contributed by atoms with Gasteiger partial charge in [-0.3, -0.25) is 4.90 Å². The lowest BCUT2D eigenvalue weighted by Gasteiger charge is -2.39. The van der Waals surface area contributed by atoms with E-state index in [0.29, 0.717) is 17.4 Å². The molecule has 1 saturated heterocycles. The number of aromatic nitrogens is 4. The van der Waals surface area contributed by atoms with Crippen molar-refractivity contribution in [1.82, 2.24) is 24.4 Å². The molecule has 9 heteroatoms. The Kier molecular flexibility index (Phi) is 6.01. The maximum Gasteiger partial charge on any atom is 0.352 e. The zero-order valence-electron chi connectivity index (χ0n) is 20.1. The van der Waals surface area contributed by atoms with Gasteiger partial charge >= 0.3 is 5.97 Å². The van der Waals surface area contributed by atoms with Crippen molar-refractivity contribution in [1.29, 1.82) is 0 Å². The Hall–Kier alpha value is -3.20. The number of nitrogens with one attached hydrogen (secondary N) is 1. The molecule has 0 atom stereocenters. The lowest BCUT2D eigenvalue weighted by atomic mass is 10.1. The Morgan fingerprint density at radius 3 is 2.29 bits per heavy atom. The predicted molar refractivity (Wildman–Crippen MR) is 136 cm³/mol. The smallest absolute Gasteiger partial charge is 0.352 e. The van der Waals surface area contributed by atoms with Crippen LogP contribution in [0, 0.1) is 0 Å². The van der Waals surface area contributed by atoms with E-state index in [-0.39, 0.29) is 11.7 Å². The monoisotopic (exact) mass is 475 g/mol. The van der Waals surface area contributed by atoms with Gasteiger partial charge in [-0.2, -0.15) is 4.98 Å². The van der Waals surface area contributed by atoms with Gasteiger partial charge in [0.25, 0.3) is 0 Å². The summed E-state index contributed by atoms with van der Waals surface area (Å²) in [6, 6.07) is 6.71. The average Bonchev–Trinajstić information content (AvgIpc) is 3.65. The van der Waals surface area contributed by atoms with Crippen molar-refractivity contribution in [3.05, 3.63) is 36.3 Å². The zero-order valence-corrected chi connectivity index (χ0v) is 20.1. The van der Waals surface area contributed by atoms with Crippen molar-refractivity contribution in [3.8, 4) is 0 Å². The van der Waals surface area contributed by atoms with Crippen LogP contribution in [0.3, 0.4) is 0 Å². The molecule has 0 aromatic carbocycles. The third-order valence-electron chi connectivity index (χ3n) is 7.99. The van der Waals surface area contributed by atoms with Crippen LogP contribution in [-0.2, 0) is 0 Å². The third kappa shape index (κ3) is 4.45. The van der Waals surface area contributed by atoms with Crippen LogP contribution in [0.2, 0.25) is 0 Å². The highest BCUT2D eigenvalue weighted by Gasteiger charge is 2.27. The molecule has 0 bridgehead atoms. The Balaban J connectivity index is 1.16. The van der Waals surface area contributed by atoms with Crippen LogP contribution in [0.5, 0.6) is 0 Å². The molecule has 9 nitrogen and oxygen atoms in total. The normalized spacial score (nSPS) is 20.2. The maximum absolute atomic E-state index is 11.9. The molecule has 3 fully saturated rings. The molecular formula is C26H33N7O2. The standard InChI is InChI=1S/C26H33N7O2/c34-25(35)22-15-18-16-28-26(30-24(18)33(22)20-7-3-4-8-20)29-23-10-9-21(17-27-23)32-13-11-31(12-14-32)19-5-1-2-6-19/h9-10,15-17,19-20H,1-8,11-14H2,(H,34,35)(H,27,28,29,30). The van der Waals surface area contributed by atoms with Crippen LogP contribution >= 0.6 is 0 Å². The van der Waals surface area contributed by atoms with Crippen LogP contribution in [0.25, 0.3) is 11.0 Å². The molecule has 0 unspecified atom stereocenters. The van der Waals surface area contributed by atoms with Crippen LogP contribution in [0.15, 0.2) is 30.6 Å². The van der Waals surface area contributed by atoms with Gasteiger partial charge in [-0.15, -0.1) is 0 Å². The molecule has 2 aliphatic carbocycles. The number of hydrogen-bond acceptors (Lipinski definition) is 7. The highest BCUT2D eigenvalue weighted by atomic mass is 16.4. The van der Waals surface area contributed by atoms with Crippen molar-refractivity contribution in [3.63, 3.8) is 0 Å². The van der Waals surface area contributed by atoms with E-state index in [1.54, 1.807) is 12.3 Å². The SMILES string of the molecule is O=C(O)c1cc2cnc(Nc3ccc(N4CCN(C5CCCC5)CC4)cn3)nc2n1C1CCCC1. The summed E-state index contributed by atoms with van der Waals surface area (Å²) >= 11 is 0. The van der Waals surface area contributed by atoms with E-state index in [4.69, 9.17) is 4.98 Å². The quantitative estimate of drug-likeness (QED) is 0.540. The molecule has 4 heterocycles. The van der Waals surface area contributed by atoms with Crippen molar-refractivity contribution in [2.24, 2.45) is 0 Å². The van der Waals surface area contributed by atoms with E-state index in [1.807, 2.05) is 16.8 Å². The van der Waals surface area contributed by atoms with Gasteiger partial charge in [0.1, 0.15) is 17.2 Å². The predicted octanol–water partition coefficient (Wildman–Crippen LogP) is 4.45. The molecule has 0 amide bonds. The van der Waals surface area contributed by atoms with Gasteiger partial charge in [-0.1, -0.05) is 25.7 Å². The maximum atomic E-state index is 11.9. The molecule has 3 aliphatic rings. The second kappa shape index (κ2) is 9.45. The minimum absolute atomic E-state index is 0.174. The van der Waals surface area contributed by atoms with Gasteiger partial charge in [-0.05, 0) is 43.9 Å². The third-order valence-corrected chi connectivity index (χ3v) is 7.99.